The smallest absolute Gasteiger partial charge is 0.163 e. The van der Waals surface area contributed by atoms with Gasteiger partial charge in [-0.15, -0.1) is 0 Å². The van der Waals surface area contributed by atoms with Crippen LogP contribution in [0.15, 0.2) is 30.3 Å². The van der Waals surface area contributed by atoms with Crippen molar-refractivity contribution in [1.82, 2.24) is 0 Å². The summed E-state index contributed by atoms with van der Waals surface area (Å²) in [5.41, 5.74) is 1.20. The van der Waals surface area contributed by atoms with Crippen LogP contribution in [0.3, 0.4) is 0 Å². The average molecular weight is 306 g/mol. The molecule has 0 aromatic heterocycles. The number of hydrogen-bond acceptors (Lipinski definition) is 3. The van der Waals surface area contributed by atoms with Crippen LogP contribution in [0.25, 0.3) is 0 Å². The lowest BCUT2D eigenvalue weighted by atomic mass is 9.92. The molecular weight excluding hydrogens is 276 g/mol. The van der Waals surface area contributed by atoms with Gasteiger partial charge in [-0.1, -0.05) is 57.0 Å². The molecule has 1 aliphatic rings. The Morgan fingerprint density at radius 3 is 2.45 bits per heavy atom. The number of hydrogen-bond donors (Lipinski definition) is 0. The summed E-state index contributed by atoms with van der Waals surface area (Å²) in [6.07, 6.45) is 3.84. The van der Waals surface area contributed by atoms with E-state index in [-0.39, 0.29) is 12.2 Å². The van der Waals surface area contributed by atoms with Crippen LogP contribution in [0.4, 0.5) is 0 Å². The van der Waals surface area contributed by atoms with Crippen LogP contribution in [-0.4, -0.2) is 24.6 Å². The highest BCUT2D eigenvalue weighted by Crippen LogP contribution is 2.33. The molecule has 0 spiro atoms. The summed E-state index contributed by atoms with van der Waals surface area (Å²) in [5.74, 6) is -0.165. The van der Waals surface area contributed by atoms with Crippen molar-refractivity contribution in [1.29, 1.82) is 0 Å². The highest BCUT2D eigenvalue weighted by Gasteiger charge is 2.40. The molecule has 3 heteroatoms. The normalized spacial score (nSPS) is 27.7. The first-order valence-electron chi connectivity index (χ1n) is 8.49. The number of rotatable bonds is 7. The molecule has 1 aliphatic heterocycles. The van der Waals surface area contributed by atoms with Crippen LogP contribution >= 0.6 is 0 Å². The molecule has 1 aromatic carbocycles. The highest BCUT2D eigenvalue weighted by atomic mass is 16.7. The average Bonchev–Trinajstić information content (AvgIpc) is 2.49. The maximum absolute atomic E-state index is 6.11. The van der Waals surface area contributed by atoms with Gasteiger partial charge in [0, 0.05) is 5.92 Å². The fourth-order valence-electron chi connectivity index (χ4n) is 2.99. The monoisotopic (exact) mass is 306 g/mol. The Morgan fingerprint density at radius 1 is 1.09 bits per heavy atom. The van der Waals surface area contributed by atoms with E-state index in [2.05, 4.69) is 26.0 Å². The van der Waals surface area contributed by atoms with Crippen molar-refractivity contribution in [3.8, 4) is 0 Å². The second-order valence-electron chi connectivity index (χ2n) is 6.71. The third-order valence-electron chi connectivity index (χ3n) is 4.28. The molecule has 2 rings (SSSR count). The van der Waals surface area contributed by atoms with E-state index in [4.69, 9.17) is 14.2 Å². The van der Waals surface area contributed by atoms with E-state index in [1.54, 1.807) is 0 Å². The van der Waals surface area contributed by atoms with Gasteiger partial charge in [0.25, 0.3) is 0 Å². The Morgan fingerprint density at radius 2 is 1.77 bits per heavy atom. The Hall–Kier alpha value is -0.900. The van der Waals surface area contributed by atoms with Crippen LogP contribution in [0.1, 0.15) is 52.5 Å². The summed E-state index contributed by atoms with van der Waals surface area (Å²) in [6.45, 7) is 9.69. The van der Waals surface area contributed by atoms with Crippen LogP contribution in [0.2, 0.25) is 0 Å². The van der Waals surface area contributed by atoms with Gasteiger partial charge in [0.05, 0.1) is 25.4 Å². The molecule has 0 aliphatic carbocycles. The summed E-state index contributed by atoms with van der Waals surface area (Å²) < 4.78 is 18.1. The summed E-state index contributed by atoms with van der Waals surface area (Å²) in [4.78, 5) is 0. The lowest BCUT2D eigenvalue weighted by Crippen LogP contribution is -2.51. The molecule has 0 saturated carbocycles. The van der Waals surface area contributed by atoms with Crippen molar-refractivity contribution >= 4 is 0 Å². The molecule has 0 N–H and O–H groups in total. The van der Waals surface area contributed by atoms with Gasteiger partial charge < -0.3 is 14.2 Å². The first kappa shape index (κ1) is 17.5. The molecule has 0 unspecified atom stereocenters. The molecule has 1 fully saturated rings. The van der Waals surface area contributed by atoms with Gasteiger partial charge in [0.1, 0.15) is 0 Å². The van der Waals surface area contributed by atoms with E-state index < -0.39 is 5.79 Å². The number of unbranched alkanes of at least 4 members (excludes halogenated alkanes) is 1. The van der Waals surface area contributed by atoms with Crippen molar-refractivity contribution < 1.29 is 14.2 Å². The summed E-state index contributed by atoms with van der Waals surface area (Å²) in [6, 6.07) is 10.3. The molecule has 0 radical (unpaired) electrons. The zero-order valence-corrected chi connectivity index (χ0v) is 14.4. The molecule has 1 aromatic rings. The molecule has 124 valence electrons. The minimum atomic E-state index is -0.522. The lowest BCUT2D eigenvalue weighted by molar-refractivity contribution is -0.326. The Balaban J connectivity index is 1.87. The summed E-state index contributed by atoms with van der Waals surface area (Å²) in [5, 5.41) is 0. The number of ether oxygens (including phenoxy) is 3. The number of benzene rings is 1. The van der Waals surface area contributed by atoms with Crippen molar-refractivity contribution in [2.24, 2.45) is 5.92 Å². The van der Waals surface area contributed by atoms with Gasteiger partial charge in [-0.3, -0.25) is 0 Å². The zero-order valence-electron chi connectivity index (χ0n) is 14.4. The van der Waals surface area contributed by atoms with E-state index >= 15 is 0 Å². The SMILES string of the molecule is CCCC[C@H]1OC(C)(C)O[C@@H](COCc2ccccc2)[C@H]1C. The van der Waals surface area contributed by atoms with Gasteiger partial charge in [0.2, 0.25) is 0 Å². The van der Waals surface area contributed by atoms with Gasteiger partial charge in [-0.25, -0.2) is 0 Å². The van der Waals surface area contributed by atoms with Crippen molar-refractivity contribution in [2.75, 3.05) is 6.61 Å². The molecule has 0 bridgehead atoms. The summed E-state index contributed by atoms with van der Waals surface area (Å²) >= 11 is 0. The van der Waals surface area contributed by atoms with E-state index in [0.29, 0.717) is 19.1 Å². The van der Waals surface area contributed by atoms with E-state index in [9.17, 15) is 0 Å². The lowest BCUT2D eigenvalue weighted by Gasteiger charge is -2.45. The van der Waals surface area contributed by atoms with Gasteiger partial charge in [-0.05, 0) is 25.8 Å². The van der Waals surface area contributed by atoms with Crippen LogP contribution < -0.4 is 0 Å². The molecule has 3 nitrogen and oxygen atoms in total. The molecule has 0 amide bonds. The van der Waals surface area contributed by atoms with E-state index in [1.807, 2.05) is 32.0 Å². The maximum Gasteiger partial charge on any atom is 0.163 e. The molecule has 3 atom stereocenters. The Bertz CT molecular complexity index is 430. The minimum absolute atomic E-state index is 0.0920. The predicted molar refractivity (Wildman–Crippen MR) is 88.6 cm³/mol. The third kappa shape index (κ3) is 5.08. The molecule has 1 heterocycles. The Labute approximate surface area is 135 Å². The molecule has 1 saturated heterocycles. The fraction of sp³-hybridized carbons (Fsp3) is 0.684. The first-order chi connectivity index (χ1) is 10.5. The van der Waals surface area contributed by atoms with Crippen molar-refractivity contribution in [2.45, 2.75) is 71.6 Å². The van der Waals surface area contributed by atoms with Gasteiger partial charge in [0.15, 0.2) is 5.79 Å². The summed E-state index contributed by atoms with van der Waals surface area (Å²) in [7, 11) is 0. The quantitative estimate of drug-likeness (QED) is 0.739. The standard InChI is InChI=1S/C19H30O3/c1-5-6-12-17-15(2)18(22-19(3,4)21-17)14-20-13-16-10-8-7-9-11-16/h7-11,15,17-18H,5-6,12-14H2,1-4H3/t15-,17+,18-/m0/s1. The van der Waals surface area contributed by atoms with E-state index in [0.717, 1.165) is 6.42 Å². The second kappa shape index (κ2) is 8.09. The van der Waals surface area contributed by atoms with E-state index in [1.165, 1.54) is 18.4 Å². The minimum Gasteiger partial charge on any atom is -0.374 e. The van der Waals surface area contributed by atoms with Crippen LogP contribution in [0, 0.1) is 5.92 Å². The zero-order chi connectivity index (χ0) is 16.0. The topological polar surface area (TPSA) is 27.7 Å². The van der Waals surface area contributed by atoms with Crippen molar-refractivity contribution in [3.63, 3.8) is 0 Å². The fourth-order valence-corrected chi connectivity index (χ4v) is 2.99. The molecular formula is C19H30O3. The third-order valence-corrected chi connectivity index (χ3v) is 4.28. The van der Waals surface area contributed by atoms with Crippen LogP contribution in [-0.2, 0) is 20.8 Å². The Kier molecular flexibility index (Phi) is 6.42. The largest absolute Gasteiger partial charge is 0.374 e. The van der Waals surface area contributed by atoms with Crippen LogP contribution in [0.5, 0.6) is 0 Å². The second-order valence-corrected chi connectivity index (χ2v) is 6.71. The maximum atomic E-state index is 6.11. The molecule has 22 heavy (non-hydrogen) atoms. The highest BCUT2D eigenvalue weighted by molar-refractivity contribution is 5.13. The van der Waals surface area contributed by atoms with Gasteiger partial charge >= 0.3 is 0 Å². The predicted octanol–water partition coefficient (Wildman–Crippen LogP) is 4.55. The van der Waals surface area contributed by atoms with Crippen molar-refractivity contribution in [3.05, 3.63) is 35.9 Å². The van der Waals surface area contributed by atoms with Gasteiger partial charge in [-0.2, -0.15) is 0 Å². The first-order valence-corrected chi connectivity index (χ1v) is 8.49.